The highest BCUT2D eigenvalue weighted by Crippen LogP contribution is 2.13. The van der Waals surface area contributed by atoms with E-state index in [4.69, 9.17) is 4.74 Å². The number of hydrogen-bond acceptors (Lipinski definition) is 3. The van der Waals surface area contributed by atoms with Crippen LogP contribution in [-0.4, -0.2) is 59.5 Å². The largest absolute Gasteiger partial charge is 0.383 e. The average molecular weight is 482 g/mol. The van der Waals surface area contributed by atoms with Gasteiger partial charge in [0.05, 0.1) is 13.2 Å². The number of carbonyl (C=O) groups is 2. The van der Waals surface area contributed by atoms with Crippen LogP contribution >= 0.6 is 0 Å². The van der Waals surface area contributed by atoms with Gasteiger partial charge >= 0.3 is 0 Å². The van der Waals surface area contributed by atoms with Crippen LogP contribution in [0.15, 0.2) is 61.3 Å². The van der Waals surface area contributed by atoms with Gasteiger partial charge in [-0.3, -0.25) is 9.59 Å². The van der Waals surface area contributed by atoms with Gasteiger partial charge in [0.1, 0.15) is 6.54 Å². The number of aromatic nitrogens is 1. The first-order chi connectivity index (χ1) is 17.1. The molecule has 1 heterocycles. The second kappa shape index (κ2) is 16.7. The molecule has 0 radical (unpaired) electrons. The molecular formula is C29H43N3O3. The maximum Gasteiger partial charge on any atom is 0.242 e. The van der Waals surface area contributed by atoms with Crippen molar-refractivity contribution in [2.45, 2.75) is 65.0 Å². The van der Waals surface area contributed by atoms with Crippen molar-refractivity contribution in [1.29, 1.82) is 0 Å². The fraction of sp³-hybridized carbons (Fsp3) is 0.517. The molecule has 0 saturated carbocycles. The first-order valence-corrected chi connectivity index (χ1v) is 12.9. The first kappa shape index (κ1) is 28.4. The minimum atomic E-state index is -0.0762. The molecule has 2 aromatic rings. The summed E-state index contributed by atoms with van der Waals surface area (Å²) in [6.45, 7) is 8.55. The average Bonchev–Trinajstić information content (AvgIpc) is 3.30. The molecule has 0 unspecified atom stereocenters. The lowest BCUT2D eigenvalue weighted by molar-refractivity contribution is -0.141. The summed E-state index contributed by atoms with van der Waals surface area (Å²) >= 11 is 0. The SMILES string of the molecule is C=CCN(CC(=O)N(CCOC)Cc1cccn1Cc1ccccc1)C(=O)CCCCCCCC. The van der Waals surface area contributed by atoms with Crippen LogP contribution in [0.4, 0.5) is 0 Å². The lowest BCUT2D eigenvalue weighted by atomic mass is 10.1. The number of benzene rings is 1. The molecule has 1 aromatic heterocycles. The quantitative estimate of drug-likeness (QED) is 0.215. The van der Waals surface area contributed by atoms with Gasteiger partial charge in [0, 0.05) is 45.1 Å². The second-order valence-electron chi connectivity index (χ2n) is 9.00. The topological polar surface area (TPSA) is 54.8 Å². The van der Waals surface area contributed by atoms with Gasteiger partial charge in [-0.25, -0.2) is 0 Å². The van der Waals surface area contributed by atoms with Gasteiger partial charge in [-0.15, -0.1) is 6.58 Å². The number of amides is 2. The Kier molecular flexibility index (Phi) is 13.6. The third-order valence-electron chi connectivity index (χ3n) is 6.16. The van der Waals surface area contributed by atoms with Crippen LogP contribution in [-0.2, 0) is 27.4 Å². The third-order valence-corrected chi connectivity index (χ3v) is 6.16. The van der Waals surface area contributed by atoms with E-state index in [0.717, 1.165) is 31.5 Å². The number of rotatable bonds is 18. The van der Waals surface area contributed by atoms with E-state index in [1.165, 1.54) is 24.8 Å². The number of carbonyl (C=O) groups excluding carboxylic acids is 2. The maximum absolute atomic E-state index is 13.3. The number of unbranched alkanes of at least 4 members (excludes halogenated alkanes) is 5. The van der Waals surface area contributed by atoms with E-state index in [-0.39, 0.29) is 18.4 Å². The van der Waals surface area contributed by atoms with Crippen LogP contribution in [0, 0.1) is 0 Å². The molecule has 2 amide bonds. The maximum atomic E-state index is 13.3. The van der Waals surface area contributed by atoms with Gasteiger partial charge in [-0.05, 0) is 24.1 Å². The van der Waals surface area contributed by atoms with Gasteiger partial charge in [-0.1, -0.05) is 75.4 Å². The molecule has 0 bridgehead atoms. The van der Waals surface area contributed by atoms with Crippen molar-refractivity contribution in [1.82, 2.24) is 14.4 Å². The lowest BCUT2D eigenvalue weighted by Gasteiger charge is -2.27. The Bertz CT molecular complexity index is 878. The smallest absolute Gasteiger partial charge is 0.242 e. The third kappa shape index (κ3) is 10.5. The number of ether oxygens (including phenoxy) is 1. The highest BCUT2D eigenvalue weighted by molar-refractivity contribution is 5.85. The Labute approximate surface area is 211 Å². The zero-order valence-corrected chi connectivity index (χ0v) is 21.7. The molecular weight excluding hydrogens is 438 g/mol. The predicted molar refractivity (Wildman–Crippen MR) is 142 cm³/mol. The van der Waals surface area contributed by atoms with Crippen LogP contribution in [0.5, 0.6) is 0 Å². The van der Waals surface area contributed by atoms with Crippen molar-refractivity contribution in [3.05, 3.63) is 72.6 Å². The molecule has 0 aliphatic rings. The normalized spacial score (nSPS) is 10.8. The Balaban J connectivity index is 1.99. The molecule has 0 atom stereocenters. The number of nitrogens with zero attached hydrogens (tertiary/aromatic N) is 3. The summed E-state index contributed by atoms with van der Waals surface area (Å²) in [4.78, 5) is 29.6. The predicted octanol–water partition coefficient (Wildman–Crippen LogP) is 5.28. The fourth-order valence-corrected chi connectivity index (χ4v) is 4.10. The molecule has 0 saturated heterocycles. The zero-order chi connectivity index (χ0) is 25.3. The second-order valence-corrected chi connectivity index (χ2v) is 9.00. The van der Waals surface area contributed by atoms with E-state index in [2.05, 4.69) is 30.2 Å². The summed E-state index contributed by atoms with van der Waals surface area (Å²) in [5.41, 5.74) is 2.25. The van der Waals surface area contributed by atoms with Crippen LogP contribution in [0.1, 0.15) is 63.1 Å². The fourth-order valence-electron chi connectivity index (χ4n) is 4.10. The van der Waals surface area contributed by atoms with Crippen LogP contribution in [0.2, 0.25) is 0 Å². The standard InChI is InChI=1S/C29H43N3O3/c1-4-6-7-8-9-13-18-28(33)31(19-5-2)25-29(34)32(21-22-35-3)24-27-17-14-20-30(27)23-26-15-11-10-12-16-26/h5,10-12,14-17,20H,2,4,6-9,13,18-19,21-25H2,1,3H3. The van der Waals surface area contributed by atoms with Crippen molar-refractivity contribution in [2.24, 2.45) is 0 Å². The Morgan fingerprint density at radius 2 is 1.71 bits per heavy atom. The van der Waals surface area contributed by atoms with Gasteiger partial charge in [-0.2, -0.15) is 0 Å². The van der Waals surface area contributed by atoms with E-state index in [0.29, 0.717) is 32.7 Å². The Morgan fingerprint density at radius 3 is 2.43 bits per heavy atom. The zero-order valence-electron chi connectivity index (χ0n) is 21.7. The summed E-state index contributed by atoms with van der Waals surface area (Å²) in [5.74, 6) is -0.0551. The van der Waals surface area contributed by atoms with Crippen LogP contribution in [0.3, 0.4) is 0 Å². The van der Waals surface area contributed by atoms with E-state index >= 15 is 0 Å². The van der Waals surface area contributed by atoms with Crippen molar-refractivity contribution in [3.8, 4) is 0 Å². The van der Waals surface area contributed by atoms with E-state index in [9.17, 15) is 9.59 Å². The first-order valence-electron chi connectivity index (χ1n) is 12.9. The molecule has 0 fully saturated rings. The summed E-state index contributed by atoms with van der Waals surface area (Å²) < 4.78 is 7.42. The van der Waals surface area contributed by atoms with E-state index in [1.807, 2.05) is 36.5 Å². The van der Waals surface area contributed by atoms with Gasteiger partial charge in [0.15, 0.2) is 0 Å². The van der Waals surface area contributed by atoms with Gasteiger partial charge in [0.2, 0.25) is 11.8 Å². The van der Waals surface area contributed by atoms with Crippen LogP contribution in [0.25, 0.3) is 0 Å². The molecule has 0 aliphatic heterocycles. The molecule has 2 rings (SSSR count). The van der Waals surface area contributed by atoms with Crippen molar-refractivity contribution in [3.63, 3.8) is 0 Å². The van der Waals surface area contributed by atoms with E-state index in [1.54, 1.807) is 23.0 Å². The highest BCUT2D eigenvalue weighted by Gasteiger charge is 2.21. The van der Waals surface area contributed by atoms with Gasteiger partial charge < -0.3 is 19.1 Å². The summed E-state index contributed by atoms with van der Waals surface area (Å²) in [5, 5.41) is 0. The summed E-state index contributed by atoms with van der Waals surface area (Å²) in [7, 11) is 1.63. The molecule has 192 valence electrons. The Morgan fingerprint density at radius 1 is 0.971 bits per heavy atom. The van der Waals surface area contributed by atoms with Crippen molar-refractivity contribution in [2.75, 3.05) is 33.4 Å². The number of methoxy groups -OCH3 is 1. The molecule has 6 nitrogen and oxygen atoms in total. The minimum absolute atomic E-state index is 0.0212. The molecule has 6 heteroatoms. The Hall–Kier alpha value is -2.86. The van der Waals surface area contributed by atoms with Gasteiger partial charge in [0.25, 0.3) is 0 Å². The summed E-state index contributed by atoms with van der Waals surface area (Å²) in [6.07, 6.45) is 11.0. The van der Waals surface area contributed by atoms with Crippen molar-refractivity contribution >= 4 is 11.8 Å². The molecule has 0 N–H and O–H groups in total. The van der Waals surface area contributed by atoms with Crippen molar-refractivity contribution < 1.29 is 14.3 Å². The molecule has 0 spiro atoms. The number of hydrogen-bond donors (Lipinski definition) is 0. The molecule has 35 heavy (non-hydrogen) atoms. The van der Waals surface area contributed by atoms with Crippen LogP contribution < -0.4 is 0 Å². The molecule has 0 aliphatic carbocycles. The molecule has 1 aromatic carbocycles. The lowest BCUT2D eigenvalue weighted by Crippen LogP contribution is -2.44. The monoisotopic (exact) mass is 481 g/mol. The summed E-state index contributed by atoms with van der Waals surface area (Å²) in [6, 6.07) is 14.3. The highest BCUT2D eigenvalue weighted by atomic mass is 16.5. The minimum Gasteiger partial charge on any atom is -0.383 e. The van der Waals surface area contributed by atoms with E-state index < -0.39 is 0 Å².